The fourth-order valence-corrected chi connectivity index (χ4v) is 2.54. The maximum atomic E-state index is 13.9. The van der Waals surface area contributed by atoms with Crippen LogP contribution in [0.5, 0.6) is 0 Å². The second-order valence-electron chi connectivity index (χ2n) is 5.91. The number of nitrogen functional groups attached to an aromatic ring is 1. The van der Waals surface area contributed by atoms with E-state index in [-0.39, 0.29) is 17.9 Å². The van der Waals surface area contributed by atoms with E-state index in [1.807, 2.05) is 0 Å². The van der Waals surface area contributed by atoms with Crippen molar-refractivity contribution >= 4 is 17.8 Å². The number of nitrogens with two attached hydrogens (primary N) is 1. The number of imidazole rings is 1. The van der Waals surface area contributed by atoms with Crippen molar-refractivity contribution in [3.05, 3.63) is 53.6 Å². The smallest absolute Gasteiger partial charge is 0.170 e. The molecule has 2 heterocycles. The quantitative estimate of drug-likeness (QED) is 0.722. The van der Waals surface area contributed by atoms with Crippen molar-refractivity contribution < 1.29 is 13.6 Å². The van der Waals surface area contributed by atoms with Crippen LogP contribution in [0, 0.1) is 5.82 Å². The third kappa shape index (κ3) is 3.68. The van der Waals surface area contributed by atoms with Crippen molar-refractivity contribution in [2.24, 2.45) is 0 Å². The Bertz CT molecular complexity index is 900. The lowest BCUT2D eigenvalue weighted by atomic mass is 9.98. The number of benzene rings is 1. The van der Waals surface area contributed by atoms with E-state index in [1.54, 1.807) is 34.9 Å². The molecule has 4 nitrogen and oxygen atoms in total. The zero-order valence-electron chi connectivity index (χ0n) is 13.7. The van der Waals surface area contributed by atoms with Gasteiger partial charge < -0.3 is 5.73 Å². The Morgan fingerprint density at radius 1 is 1.20 bits per heavy atom. The van der Waals surface area contributed by atoms with Crippen molar-refractivity contribution in [2.45, 2.75) is 25.7 Å². The van der Waals surface area contributed by atoms with Crippen molar-refractivity contribution in [3.63, 3.8) is 0 Å². The molecular formula is C19H19F2N3O. The van der Waals surface area contributed by atoms with Gasteiger partial charge in [0.15, 0.2) is 12.1 Å². The van der Waals surface area contributed by atoms with Crippen LogP contribution in [0.1, 0.15) is 35.3 Å². The number of carbonyl (C=O) groups is 1. The highest BCUT2D eigenvalue weighted by Crippen LogP contribution is 2.27. The standard InChI is InChI=1S/C16H13F2N3O.C3H6/c17-7-6-12-11(2-1-3-13(12)18)10-4-5-15-20-16(19)14(9-22)21(15)8-10;1-2-3-1/h1-5,8-9H,6-7,19H2;1-3H2. The summed E-state index contributed by atoms with van der Waals surface area (Å²) >= 11 is 0. The Hall–Kier alpha value is -2.76. The maximum Gasteiger partial charge on any atom is 0.170 e. The minimum Gasteiger partial charge on any atom is -0.382 e. The minimum atomic E-state index is -0.645. The van der Waals surface area contributed by atoms with E-state index in [1.165, 1.54) is 25.3 Å². The minimum absolute atomic E-state index is 0.00729. The highest BCUT2D eigenvalue weighted by molar-refractivity contribution is 5.82. The second-order valence-corrected chi connectivity index (χ2v) is 5.91. The Labute approximate surface area is 144 Å². The molecule has 4 rings (SSSR count). The van der Waals surface area contributed by atoms with Crippen LogP contribution in [-0.2, 0) is 6.42 Å². The summed E-state index contributed by atoms with van der Waals surface area (Å²) in [4.78, 5) is 15.2. The van der Waals surface area contributed by atoms with E-state index >= 15 is 0 Å². The van der Waals surface area contributed by atoms with Gasteiger partial charge in [0.25, 0.3) is 0 Å². The summed E-state index contributed by atoms with van der Waals surface area (Å²) in [6, 6.07) is 8.02. The van der Waals surface area contributed by atoms with Crippen LogP contribution in [-0.4, -0.2) is 22.3 Å². The van der Waals surface area contributed by atoms with E-state index in [0.717, 1.165) is 0 Å². The van der Waals surface area contributed by atoms with Gasteiger partial charge >= 0.3 is 0 Å². The van der Waals surface area contributed by atoms with Gasteiger partial charge in [-0.3, -0.25) is 13.6 Å². The summed E-state index contributed by atoms with van der Waals surface area (Å²) in [7, 11) is 0. The number of carbonyl (C=O) groups excluding carboxylic acids is 1. The molecule has 0 atom stereocenters. The molecule has 1 saturated carbocycles. The first kappa shape index (κ1) is 17.1. The van der Waals surface area contributed by atoms with Crippen LogP contribution in [0.15, 0.2) is 36.5 Å². The molecule has 25 heavy (non-hydrogen) atoms. The van der Waals surface area contributed by atoms with Crippen molar-refractivity contribution in [1.82, 2.24) is 9.38 Å². The number of alkyl halides is 1. The summed E-state index contributed by atoms with van der Waals surface area (Å²) in [5.74, 6) is -0.314. The molecule has 0 amide bonds. The highest BCUT2D eigenvalue weighted by Gasteiger charge is 2.13. The number of aromatic nitrogens is 2. The molecule has 6 heteroatoms. The molecule has 1 aliphatic rings. The number of halogens is 2. The van der Waals surface area contributed by atoms with E-state index < -0.39 is 12.5 Å². The summed E-state index contributed by atoms with van der Waals surface area (Å²) in [5.41, 5.74) is 8.00. The molecular weight excluding hydrogens is 324 g/mol. The van der Waals surface area contributed by atoms with Gasteiger partial charge in [-0.2, -0.15) is 0 Å². The van der Waals surface area contributed by atoms with Crippen LogP contribution in [0.4, 0.5) is 14.6 Å². The zero-order chi connectivity index (χ0) is 17.8. The molecule has 0 spiro atoms. The number of aldehydes is 1. The Kier molecular flexibility index (Phi) is 5.07. The number of pyridine rings is 1. The average Bonchev–Trinajstić information content (AvgIpc) is 3.45. The molecule has 130 valence electrons. The Morgan fingerprint density at radius 3 is 2.60 bits per heavy atom. The lowest BCUT2D eigenvalue weighted by Crippen LogP contribution is -1.99. The SMILES string of the molecule is C1CC1.Nc1nc2ccc(-c3cccc(F)c3CCF)cn2c1C=O. The third-order valence-electron chi connectivity index (χ3n) is 3.92. The van der Waals surface area contributed by atoms with Gasteiger partial charge in [-0.05, 0) is 34.9 Å². The molecule has 1 aliphatic carbocycles. The summed E-state index contributed by atoms with van der Waals surface area (Å²) in [6.07, 6.45) is 6.76. The Balaban J connectivity index is 0.000000549. The molecule has 2 aromatic heterocycles. The van der Waals surface area contributed by atoms with E-state index in [2.05, 4.69) is 4.98 Å². The van der Waals surface area contributed by atoms with E-state index in [9.17, 15) is 13.6 Å². The van der Waals surface area contributed by atoms with Crippen LogP contribution >= 0.6 is 0 Å². The second kappa shape index (κ2) is 7.42. The van der Waals surface area contributed by atoms with Crippen LogP contribution in [0.2, 0.25) is 0 Å². The third-order valence-corrected chi connectivity index (χ3v) is 3.92. The van der Waals surface area contributed by atoms with Gasteiger partial charge in [0.05, 0.1) is 6.67 Å². The zero-order valence-corrected chi connectivity index (χ0v) is 13.7. The number of nitrogens with zero attached hydrogens (tertiary/aromatic N) is 2. The molecule has 3 aromatic rings. The number of rotatable bonds is 4. The monoisotopic (exact) mass is 343 g/mol. The highest BCUT2D eigenvalue weighted by atomic mass is 19.1. The molecule has 0 saturated heterocycles. The number of fused-ring (bicyclic) bond motifs is 1. The normalized spacial score (nSPS) is 12.6. The summed E-state index contributed by atoms with van der Waals surface area (Å²) < 4.78 is 28.2. The molecule has 0 radical (unpaired) electrons. The molecule has 2 N–H and O–H groups in total. The van der Waals surface area contributed by atoms with Gasteiger partial charge in [-0.1, -0.05) is 31.4 Å². The predicted octanol–water partition coefficient (Wildman–Crippen LogP) is 4.22. The molecule has 0 aliphatic heterocycles. The first-order valence-electron chi connectivity index (χ1n) is 8.22. The summed E-state index contributed by atoms with van der Waals surface area (Å²) in [6.45, 7) is -0.645. The van der Waals surface area contributed by atoms with Crippen molar-refractivity contribution in [3.8, 4) is 11.1 Å². The molecule has 0 unspecified atom stereocenters. The first-order chi connectivity index (χ1) is 12.2. The van der Waals surface area contributed by atoms with Gasteiger partial charge in [0.1, 0.15) is 17.2 Å². The predicted molar refractivity (Wildman–Crippen MR) is 93.9 cm³/mol. The van der Waals surface area contributed by atoms with Crippen LogP contribution in [0.3, 0.4) is 0 Å². The molecule has 1 aromatic carbocycles. The van der Waals surface area contributed by atoms with Gasteiger partial charge in [-0.25, -0.2) is 9.37 Å². The number of hydrogen-bond donors (Lipinski definition) is 1. The van der Waals surface area contributed by atoms with Crippen LogP contribution < -0.4 is 5.73 Å². The topological polar surface area (TPSA) is 60.4 Å². The van der Waals surface area contributed by atoms with E-state index in [0.29, 0.717) is 28.6 Å². The van der Waals surface area contributed by atoms with E-state index in [4.69, 9.17) is 5.73 Å². The Morgan fingerprint density at radius 2 is 1.96 bits per heavy atom. The van der Waals surface area contributed by atoms with Crippen molar-refractivity contribution in [2.75, 3.05) is 12.4 Å². The molecule has 1 fully saturated rings. The number of anilines is 1. The fraction of sp³-hybridized carbons (Fsp3) is 0.263. The lowest BCUT2D eigenvalue weighted by molar-refractivity contribution is 0.111. The largest absolute Gasteiger partial charge is 0.382 e. The van der Waals surface area contributed by atoms with Gasteiger partial charge in [0, 0.05) is 12.6 Å². The maximum absolute atomic E-state index is 13.9. The average molecular weight is 343 g/mol. The van der Waals surface area contributed by atoms with Crippen molar-refractivity contribution in [1.29, 1.82) is 0 Å². The summed E-state index contributed by atoms with van der Waals surface area (Å²) in [5, 5.41) is 0. The lowest BCUT2D eigenvalue weighted by Gasteiger charge is -2.10. The first-order valence-corrected chi connectivity index (χ1v) is 8.22. The van der Waals surface area contributed by atoms with Gasteiger partial charge in [0.2, 0.25) is 0 Å². The van der Waals surface area contributed by atoms with Gasteiger partial charge in [-0.15, -0.1) is 0 Å². The van der Waals surface area contributed by atoms with Crippen LogP contribution in [0.25, 0.3) is 16.8 Å². The molecule has 0 bridgehead atoms. The number of hydrogen-bond acceptors (Lipinski definition) is 3. The fourth-order valence-electron chi connectivity index (χ4n) is 2.54.